The molecule has 0 aromatic heterocycles. The van der Waals surface area contributed by atoms with Crippen LogP contribution in [0.2, 0.25) is 0 Å². The second-order valence-corrected chi connectivity index (χ2v) is 6.22. The standard InChI is InChI=1S/C14H26O4S/c1-10(2)5-7-14(13(17)19,9-12(15)16)18-8-6-11(3)4/h10-11H,5-9H2,1-4H3,(H,15,16)(H,17,19). The molecule has 1 atom stereocenters. The van der Waals surface area contributed by atoms with Crippen molar-refractivity contribution in [3.63, 3.8) is 0 Å². The fourth-order valence-corrected chi connectivity index (χ4v) is 1.95. The summed E-state index contributed by atoms with van der Waals surface area (Å²) in [6, 6.07) is 0. The minimum absolute atomic E-state index is 0.285. The molecular weight excluding hydrogens is 264 g/mol. The molecule has 0 aliphatic heterocycles. The van der Waals surface area contributed by atoms with Gasteiger partial charge in [-0.25, -0.2) is 0 Å². The number of ether oxygens (including phenoxy) is 1. The molecule has 1 unspecified atom stereocenters. The first-order valence-electron chi connectivity index (χ1n) is 6.78. The highest BCUT2D eigenvalue weighted by atomic mass is 32.1. The van der Waals surface area contributed by atoms with Crippen molar-refractivity contribution in [1.29, 1.82) is 0 Å². The zero-order chi connectivity index (χ0) is 15.1. The van der Waals surface area contributed by atoms with Crippen LogP contribution in [0.25, 0.3) is 0 Å². The van der Waals surface area contributed by atoms with E-state index in [0.717, 1.165) is 12.8 Å². The van der Waals surface area contributed by atoms with Gasteiger partial charge in [0.25, 0.3) is 0 Å². The molecule has 5 heteroatoms. The highest BCUT2D eigenvalue weighted by molar-refractivity contribution is 7.80. The molecule has 112 valence electrons. The number of aliphatic carboxylic acids is 1. The molecule has 2 N–H and O–H groups in total. The molecule has 0 bridgehead atoms. The van der Waals surface area contributed by atoms with Crippen LogP contribution in [-0.2, 0) is 9.53 Å². The summed E-state index contributed by atoms with van der Waals surface area (Å²) in [7, 11) is 0. The molecule has 0 rings (SSSR count). The first kappa shape index (κ1) is 18.3. The Morgan fingerprint density at radius 3 is 2.05 bits per heavy atom. The summed E-state index contributed by atoms with van der Waals surface area (Å²) in [5.41, 5.74) is -1.22. The number of rotatable bonds is 10. The van der Waals surface area contributed by atoms with Crippen molar-refractivity contribution >= 4 is 23.2 Å². The van der Waals surface area contributed by atoms with Gasteiger partial charge in [0, 0.05) is 6.61 Å². The number of thiocarbonyl (C=S) groups is 1. The van der Waals surface area contributed by atoms with E-state index in [1.807, 2.05) is 13.8 Å². The SMILES string of the molecule is CC(C)CCOC(CCC(C)C)(CC(=O)O)C(O)=S. The monoisotopic (exact) mass is 290 g/mol. The van der Waals surface area contributed by atoms with E-state index in [-0.39, 0.29) is 11.5 Å². The maximum atomic E-state index is 11.0. The van der Waals surface area contributed by atoms with Gasteiger partial charge in [-0.05, 0) is 43.3 Å². The van der Waals surface area contributed by atoms with Crippen LogP contribution < -0.4 is 0 Å². The molecule has 19 heavy (non-hydrogen) atoms. The third-order valence-corrected chi connectivity index (χ3v) is 3.40. The second kappa shape index (κ2) is 8.48. The van der Waals surface area contributed by atoms with Crippen molar-refractivity contribution < 1.29 is 19.7 Å². The van der Waals surface area contributed by atoms with Crippen LogP contribution in [0.5, 0.6) is 0 Å². The van der Waals surface area contributed by atoms with Crippen molar-refractivity contribution in [2.45, 2.75) is 59.0 Å². The summed E-state index contributed by atoms with van der Waals surface area (Å²) in [6.45, 7) is 8.62. The summed E-state index contributed by atoms with van der Waals surface area (Å²) < 4.78 is 5.69. The quantitative estimate of drug-likeness (QED) is 0.602. The lowest BCUT2D eigenvalue weighted by molar-refractivity contribution is -0.143. The molecule has 0 saturated heterocycles. The molecular formula is C14H26O4S. The predicted molar refractivity (Wildman–Crippen MR) is 79.7 cm³/mol. The van der Waals surface area contributed by atoms with Crippen LogP contribution in [0.15, 0.2) is 0 Å². The maximum absolute atomic E-state index is 11.0. The zero-order valence-corrected chi connectivity index (χ0v) is 13.1. The van der Waals surface area contributed by atoms with Gasteiger partial charge in [-0.2, -0.15) is 0 Å². The first-order chi connectivity index (χ1) is 8.69. The van der Waals surface area contributed by atoms with Gasteiger partial charge in [0.2, 0.25) is 0 Å². The fourth-order valence-electron chi connectivity index (χ4n) is 1.71. The van der Waals surface area contributed by atoms with E-state index in [1.165, 1.54) is 0 Å². The Kier molecular flexibility index (Phi) is 8.18. The fraction of sp³-hybridized carbons (Fsp3) is 0.857. The molecule has 0 spiro atoms. The van der Waals surface area contributed by atoms with Gasteiger partial charge in [0.1, 0.15) is 5.60 Å². The van der Waals surface area contributed by atoms with Gasteiger partial charge in [0.15, 0.2) is 5.05 Å². The van der Waals surface area contributed by atoms with Crippen LogP contribution in [0.3, 0.4) is 0 Å². The summed E-state index contributed by atoms with van der Waals surface area (Å²) in [6.07, 6.45) is 1.72. The minimum Gasteiger partial charge on any atom is -0.500 e. The first-order valence-corrected chi connectivity index (χ1v) is 7.19. The second-order valence-electron chi connectivity index (χ2n) is 5.83. The van der Waals surface area contributed by atoms with Crippen LogP contribution in [0.1, 0.15) is 53.4 Å². The molecule has 0 aliphatic carbocycles. The van der Waals surface area contributed by atoms with Gasteiger partial charge >= 0.3 is 5.97 Å². The minimum atomic E-state index is -1.22. The average molecular weight is 290 g/mol. The van der Waals surface area contributed by atoms with Crippen molar-refractivity contribution in [3.05, 3.63) is 0 Å². The third kappa shape index (κ3) is 7.47. The highest BCUT2D eigenvalue weighted by Gasteiger charge is 2.38. The number of carboxylic acid groups (broad SMARTS) is 1. The lowest BCUT2D eigenvalue weighted by atomic mass is 9.90. The summed E-state index contributed by atoms with van der Waals surface area (Å²) in [4.78, 5) is 11.0. The van der Waals surface area contributed by atoms with E-state index in [2.05, 4.69) is 13.8 Å². The maximum Gasteiger partial charge on any atom is 0.306 e. The summed E-state index contributed by atoms with van der Waals surface area (Å²) >= 11 is 4.85. The topological polar surface area (TPSA) is 66.8 Å². The van der Waals surface area contributed by atoms with Crippen molar-refractivity contribution in [2.24, 2.45) is 11.8 Å². The molecule has 0 saturated carbocycles. The number of hydrogen-bond acceptors (Lipinski definition) is 3. The Morgan fingerprint density at radius 1 is 1.16 bits per heavy atom. The number of carboxylic acids is 1. The Hall–Kier alpha value is -0.680. The molecule has 0 fully saturated rings. The number of aliphatic hydroxyl groups is 1. The molecule has 0 aromatic rings. The Morgan fingerprint density at radius 2 is 1.68 bits per heavy atom. The normalized spacial score (nSPS) is 14.6. The van der Waals surface area contributed by atoms with E-state index in [1.54, 1.807) is 0 Å². The highest BCUT2D eigenvalue weighted by Crippen LogP contribution is 2.27. The van der Waals surface area contributed by atoms with Crippen LogP contribution in [0, 0.1) is 11.8 Å². The van der Waals surface area contributed by atoms with E-state index in [0.29, 0.717) is 24.9 Å². The van der Waals surface area contributed by atoms with E-state index in [4.69, 9.17) is 22.1 Å². The van der Waals surface area contributed by atoms with Crippen molar-refractivity contribution in [3.8, 4) is 0 Å². The van der Waals surface area contributed by atoms with Gasteiger partial charge < -0.3 is 14.9 Å². The van der Waals surface area contributed by atoms with Crippen LogP contribution >= 0.6 is 12.2 Å². The smallest absolute Gasteiger partial charge is 0.306 e. The summed E-state index contributed by atoms with van der Waals surface area (Å²) in [5, 5.41) is 18.4. The van der Waals surface area contributed by atoms with E-state index < -0.39 is 11.6 Å². The lowest BCUT2D eigenvalue weighted by Gasteiger charge is -2.31. The Labute approximate surface area is 121 Å². The lowest BCUT2D eigenvalue weighted by Crippen LogP contribution is -2.43. The molecule has 0 aromatic carbocycles. The Balaban J connectivity index is 4.81. The number of carbonyl (C=O) groups is 1. The molecule has 0 aliphatic rings. The number of aliphatic hydroxyl groups excluding tert-OH is 1. The average Bonchev–Trinajstić information content (AvgIpc) is 2.23. The van der Waals surface area contributed by atoms with Crippen LogP contribution in [0.4, 0.5) is 0 Å². The Bertz CT molecular complexity index is 302. The van der Waals surface area contributed by atoms with Crippen molar-refractivity contribution in [2.75, 3.05) is 6.61 Å². The van der Waals surface area contributed by atoms with Crippen molar-refractivity contribution in [1.82, 2.24) is 0 Å². The van der Waals surface area contributed by atoms with E-state index >= 15 is 0 Å². The summed E-state index contributed by atoms with van der Waals surface area (Å²) in [5.74, 6) is -0.152. The predicted octanol–water partition coefficient (Wildman–Crippen LogP) is 3.58. The van der Waals surface area contributed by atoms with Crippen LogP contribution in [-0.4, -0.2) is 33.4 Å². The van der Waals surface area contributed by atoms with Gasteiger partial charge in [0.05, 0.1) is 6.42 Å². The molecule has 0 amide bonds. The van der Waals surface area contributed by atoms with Gasteiger partial charge in [-0.3, -0.25) is 4.79 Å². The zero-order valence-electron chi connectivity index (χ0n) is 12.3. The molecule has 0 heterocycles. The largest absolute Gasteiger partial charge is 0.500 e. The van der Waals surface area contributed by atoms with Gasteiger partial charge in [-0.15, -0.1) is 0 Å². The number of hydrogen-bond donors (Lipinski definition) is 2. The molecule has 0 radical (unpaired) electrons. The third-order valence-electron chi connectivity index (χ3n) is 3.03. The molecule has 4 nitrogen and oxygen atoms in total. The van der Waals surface area contributed by atoms with Gasteiger partial charge in [-0.1, -0.05) is 27.7 Å². The van der Waals surface area contributed by atoms with E-state index in [9.17, 15) is 9.90 Å².